The highest BCUT2D eigenvalue weighted by Crippen LogP contribution is 2.26. The highest BCUT2D eigenvalue weighted by molar-refractivity contribution is 7.10. The van der Waals surface area contributed by atoms with Gasteiger partial charge in [0.25, 0.3) is 0 Å². The molecule has 7 nitrogen and oxygen atoms in total. The van der Waals surface area contributed by atoms with Gasteiger partial charge in [-0.25, -0.2) is 9.18 Å². The van der Waals surface area contributed by atoms with E-state index in [1.165, 1.54) is 31.3 Å². The van der Waals surface area contributed by atoms with Crippen LogP contribution in [0.1, 0.15) is 16.0 Å². The van der Waals surface area contributed by atoms with Gasteiger partial charge in [0, 0.05) is 41.9 Å². The number of methoxy groups -OCH3 is 2. The third-order valence-electron chi connectivity index (χ3n) is 5.51. The molecule has 3 rings (SSSR count). The van der Waals surface area contributed by atoms with Crippen molar-refractivity contribution in [3.05, 3.63) is 88.4 Å². The minimum atomic E-state index is -0.465. The van der Waals surface area contributed by atoms with E-state index >= 15 is 0 Å². The van der Waals surface area contributed by atoms with Crippen molar-refractivity contribution >= 4 is 29.0 Å². The number of hydrogen-bond acceptors (Lipinski definition) is 5. The number of halogens is 1. The SMILES string of the molecule is C=CCN(CC(=O)N(Cc1ccc(F)cc1)Cc1sccc1C)C(=O)Nc1cc(OC)cc(OC)c1. The lowest BCUT2D eigenvalue weighted by Gasteiger charge is -2.27. The van der Waals surface area contributed by atoms with E-state index in [0.29, 0.717) is 23.7 Å². The molecule has 0 aliphatic carbocycles. The van der Waals surface area contributed by atoms with Gasteiger partial charge in [-0.05, 0) is 41.6 Å². The number of hydrogen-bond donors (Lipinski definition) is 1. The fraction of sp³-hybridized carbons (Fsp3) is 0.259. The molecule has 3 aromatic rings. The van der Waals surface area contributed by atoms with Crippen molar-refractivity contribution in [3.8, 4) is 11.5 Å². The van der Waals surface area contributed by atoms with Gasteiger partial charge in [-0.1, -0.05) is 18.2 Å². The second kappa shape index (κ2) is 12.7. The van der Waals surface area contributed by atoms with Crippen molar-refractivity contribution < 1.29 is 23.5 Å². The lowest BCUT2D eigenvalue weighted by molar-refractivity contribution is -0.132. The molecule has 2 aromatic carbocycles. The molecule has 0 saturated heterocycles. The van der Waals surface area contributed by atoms with Gasteiger partial charge >= 0.3 is 6.03 Å². The summed E-state index contributed by atoms with van der Waals surface area (Å²) in [5.41, 5.74) is 2.35. The van der Waals surface area contributed by atoms with E-state index < -0.39 is 6.03 Å². The molecule has 9 heteroatoms. The van der Waals surface area contributed by atoms with Gasteiger partial charge in [-0.15, -0.1) is 17.9 Å². The second-order valence-electron chi connectivity index (χ2n) is 8.10. The average Bonchev–Trinajstić information content (AvgIpc) is 3.28. The number of ether oxygens (including phenoxy) is 2. The third kappa shape index (κ3) is 7.32. The molecule has 0 saturated carbocycles. The Kier molecular flexibility index (Phi) is 9.46. The molecule has 190 valence electrons. The van der Waals surface area contributed by atoms with Crippen LogP contribution in [0.15, 0.2) is 66.6 Å². The van der Waals surface area contributed by atoms with Crippen LogP contribution in [0.25, 0.3) is 0 Å². The third-order valence-corrected chi connectivity index (χ3v) is 6.52. The maximum absolute atomic E-state index is 13.5. The quantitative estimate of drug-likeness (QED) is 0.347. The number of rotatable bonds is 11. The molecule has 1 aromatic heterocycles. The van der Waals surface area contributed by atoms with Crippen molar-refractivity contribution in [3.63, 3.8) is 0 Å². The van der Waals surface area contributed by atoms with Crippen molar-refractivity contribution in [1.82, 2.24) is 9.80 Å². The normalized spacial score (nSPS) is 10.4. The van der Waals surface area contributed by atoms with Crippen molar-refractivity contribution in [2.45, 2.75) is 20.0 Å². The lowest BCUT2D eigenvalue weighted by Crippen LogP contribution is -2.44. The molecule has 0 radical (unpaired) electrons. The number of urea groups is 1. The minimum Gasteiger partial charge on any atom is -0.497 e. The number of amides is 3. The van der Waals surface area contributed by atoms with Gasteiger partial charge in [0.2, 0.25) is 5.91 Å². The zero-order valence-electron chi connectivity index (χ0n) is 20.6. The number of nitrogens with one attached hydrogen (secondary N) is 1. The fourth-order valence-corrected chi connectivity index (χ4v) is 4.42. The molecule has 1 N–H and O–H groups in total. The molecule has 0 aliphatic heterocycles. The Morgan fingerprint density at radius 2 is 1.69 bits per heavy atom. The molecule has 1 heterocycles. The average molecular weight is 512 g/mol. The van der Waals surface area contributed by atoms with Gasteiger partial charge in [0.1, 0.15) is 23.9 Å². The summed E-state index contributed by atoms with van der Waals surface area (Å²) in [5, 5.41) is 4.78. The Labute approximate surface area is 214 Å². The molecule has 36 heavy (non-hydrogen) atoms. The maximum Gasteiger partial charge on any atom is 0.322 e. The summed E-state index contributed by atoms with van der Waals surface area (Å²) >= 11 is 1.57. The summed E-state index contributed by atoms with van der Waals surface area (Å²) in [7, 11) is 3.04. The summed E-state index contributed by atoms with van der Waals surface area (Å²) in [4.78, 5) is 30.7. The van der Waals surface area contributed by atoms with E-state index in [0.717, 1.165) is 16.0 Å². The molecule has 0 fully saturated rings. The molecule has 3 amide bonds. The van der Waals surface area contributed by atoms with Crippen LogP contribution in [0.5, 0.6) is 11.5 Å². The first kappa shape index (κ1) is 26.7. The van der Waals surface area contributed by atoms with E-state index in [9.17, 15) is 14.0 Å². The standard InChI is InChI=1S/C27H30FN3O4S/c1-5-11-30(27(33)29-22-13-23(34-3)15-24(14-22)35-4)18-26(32)31(17-25-19(2)10-12-36-25)16-20-6-8-21(28)9-7-20/h5-10,12-15H,1,11,16-18H2,2-4H3,(H,29,33). The Bertz CT molecular complexity index is 1170. The molecular formula is C27H30FN3O4S. The Morgan fingerprint density at radius 3 is 2.25 bits per heavy atom. The molecule has 0 spiro atoms. The number of carbonyl (C=O) groups excluding carboxylic acids is 2. The number of carbonyl (C=O) groups is 2. The highest BCUT2D eigenvalue weighted by Gasteiger charge is 2.22. The molecule has 0 bridgehead atoms. The minimum absolute atomic E-state index is 0.162. The van der Waals surface area contributed by atoms with Crippen LogP contribution in [0.4, 0.5) is 14.9 Å². The Morgan fingerprint density at radius 1 is 1.03 bits per heavy atom. The first-order valence-electron chi connectivity index (χ1n) is 11.3. The number of benzene rings is 2. The topological polar surface area (TPSA) is 71.1 Å². The first-order valence-corrected chi connectivity index (χ1v) is 12.2. The van der Waals surface area contributed by atoms with E-state index in [-0.39, 0.29) is 31.4 Å². The van der Waals surface area contributed by atoms with Crippen molar-refractivity contribution in [2.24, 2.45) is 0 Å². The van der Waals surface area contributed by atoms with Crippen molar-refractivity contribution in [2.75, 3.05) is 32.6 Å². The van der Waals surface area contributed by atoms with E-state index in [1.807, 2.05) is 18.4 Å². The molecule has 0 atom stereocenters. The van der Waals surface area contributed by atoms with Crippen LogP contribution in [-0.2, 0) is 17.9 Å². The van der Waals surface area contributed by atoms with Crippen LogP contribution in [0.3, 0.4) is 0 Å². The van der Waals surface area contributed by atoms with Gasteiger partial charge in [-0.2, -0.15) is 0 Å². The van der Waals surface area contributed by atoms with E-state index in [4.69, 9.17) is 9.47 Å². The fourth-order valence-electron chi connectivity index (χ4n) is 3.50. The van der Waals surface area contributed by atoms with Gasteiger partial charge in [0.15, 0.2) is 0 Å². The zero-order valence-corrected chi connectivity index (χ0v) is 21.4. The lowest BCUT2D eigenvalue weighted by atomic mass is 10.2. The largest absolute Gasteiger partial charge is 0.497 e. The molecule has 0 aliphatic rings. The number of aryl methyl sites for hydroxylation is 1. The van der Waals surface area contributed by atoms with Crippen LogP contribution in [0.2, 0.25) is 0 Å². The summed E-state index contributed by atoms with van der Waals surface area (Å²) < 4.78 is 23.9. The van der Waals surface area contributed by atoms with E-state index in [1.54, 1.807) is 52.6 Å². The summed E-state index contributed by atoms with van der Waals surface area (Å²) in [6.45, 7) is 6.39. The summed E-state index contributed by atoms with van der Waals surface area (Å²) in [5.74, 6) is 0.460. The Balaban J connectivity index is 1.78. The van der Waals surface area contributed by atoms with Crippen LogP contribution in [0, 0.1) is 12.7 Å². The number of thiophene rings is 1. The van der Waals surface area contributed by atoms with E-state index in [2.05, 4.69) is 11.9 Å². The van der Waals surface area contributed by atoms with Crippen LogP contribution >= 0.6 is 11.3 Å². The predicted octanol–water partition coefficient (Wildman–Crippen LogP) is 5.46. The van der Waals surface area contributed by atoms with Gasteiger partial charge in [-0.3, -0.25) is 4.79 Å². The van der Waals surface area contributed by atoms with Crippen molar-refractivity contribution in [1.29, 1.82) is 0 Å². The predicted molar refractivity (Wildman–Crippen MR) is 140 cm³/mol. The maximum atomic E-state index is 13.5. The van der Waals surface area contributed by atoms with Crippen LogP contribution < -0.4 is 14.8 Å². The molecule has 0 unspecified atom stereocenters. The summed E-state index contributed by atoms with van der Waals surface area (Å²) in [6.07, 6.45) is 1.56. The smallest absolute Gasteiger partial charge is 0.322 e. The summed E-state index contributed by atoms with van der Waals surface area (Å²) in [6, 6.07) is 12.6. The Hall–Kier alpha value is -3.85. The second-order valence-corrected chi connectivity index (χ2v) is 9.10. The highest BCUT2D eigenvalue weighted by atomic mass is 32.1. The van der Waals surface area contributed by atoms with Gasteiger partial charge in [0.05, 0.1) is 20.8 Å². The zero-order chi connectivity index (χ0) is 26.1. The monoisotopic (exact) mass is 511 g/mol. The van der Waals surface area contributed by atoms with Gasteiger partial charge < -0.3 is 24.6 Å². The molecular weight excluding hydrogens is 481 g/mol. The number of anilines is 1. The number of nitrogens with zero attached hydrogens (tertiary/aromatic N) is 2. The van der Waals surface area contributed by atoms with Crippen LogP contribution in [-0.4, -0.2) is 49.0 Å². The first-order chi connectivity index (χ1) is 17.3.